The molecule has 0 heterocycles. The SMILES string of the molecule is Oc1cc2cc3c(ccc4ccccc43)cc2c2ccccc12. The number of rotatable bonds is 0. The Morgan fingerprint density at radius 3 is 1.91 bits per heavy atom. The maximum atomic E-state index is 10.4. The van der Waals surface area contributed by atoms with E-state index in [9.17, 15) is 5.11 Å². The van der Waals surface area contributed by atoms with Crippen LogP contribution in [0.4, 0.5) is 0 Å². The van der Waals surface area contributed by atoms with Gasteiger partial charge < -0.3 is 5.11 Å². The Labute approximate surface area is 133 Å². The molecule has 5 aromatic carbocycles. The summed E-state index contributed by atoms with van der Waals surface area (Å²) >= 11 is 0. The average molecular weight is 294 g/mol. The highest BCUT2D eigenvalue weighted by Gasteiger charge is 2.08. The topological polar surface area (TPSA) is 20.2 Å². The van der Waals surface area contributed by atoms with E-state index in [2.05, 4.69) is 54.6 Å². The molecule has 0 aliphatic heterocycles. The van der Waals surface area contributed by atoms with E-state index in [0.29, 0.717) is 5.75 Å². The maximum Gasteiger partial charge on any atom is 0.124 e. The van der Waals surface area contributed by atoms with Crippen LogP contribution in [-0.4, -0.2) is 5.11 Å². The molecule has 0 unspecified atom stereocenters. The Morgan fingerprint density at radius 2 is 1.04 bits per heavy atom. The van der Waals surface area contributed by atoms with Crippen molar-refractivity contribution in [1.82, 2.24) is 0 Å². The van der Waals surface area contributed by atoms with Gasteiger partial charge in [0.15, 0.2) is 0 Å². The summed E-state index contributed by atoms with van der Waals surface area (Å²) in [5.74, 6) is 0.340. The summed E-state index contributed by atoms with van der Waals surface area (Å²) in [6.45, 7) is 0. The molecule has 5 aromatic rings. The van der Waals surface area contributed by atoms with E-state index < -0.39 is 0 Å². The first-order valence-corrected chi connectivity index (χ1v) is 7.77. The Hall–Kier alpha value is -3.06. The minimum Gasteiger partial charge on any atom is -0.507 e. The number of benzene rings is 5. The molecule has 0 saturated heterocycles. The molecular weight excluding hydrogens is 280 g/mol. The Kier molecular flexibility index (Phi) is 2.42. The normalized spacial score (nSPS) is 11.7. The molecule has 0 amide bonds. The third-order valence-corrected chi connectivity index (χ3v) is 4.70. The lowest BCUT2D eigenvalue weighted by Gasteiger charge is -2.10. The van der Waals surface area contributed by atoms with E-state index in [0.717, 1.165) is 16.2 Å². The monoisotopic (exact) mass is 294 g/mol. The van der Waals surface area contributed by atoms with E-state index in [1.165, 1.54) is 26.9 Å². The minimum atomic E-state index is 0.340. The molecule has 0 bridgehead atoms. The Morgan fingerprint density at radius 1 is 0.435 bits per heavy atom. The summed E-state index contributed by atoms with van der Waals surface area (Å²) in [6, 6.07) is 27.1. The van der Waals surface area contributed by atoms with Crippen LogP contribution in [0, 0.1) is 0 Å². The van der Waals surface area contributed by atoms with Crippen molar-refractivity contribution in [3.8, 4) is 5.75 Å². The van der Waals surface area contributed by atoms with Crippen LogP contribution in [0.5, 0.6) is 5.75 Å². The van der Waals surface area contributed by atoms with Crippen molar-refractivity contribution in [2.24, 2.45) is 0 Å². The molecule has 1 heteroatoms. The lowest BCUT2D eigenvalue weighted by molar-refractivity contribution is 0.482. The van der Waals surface area contributed by atoms with Crippen molar-refractivity contribution in [3.63, 3.8) is 0 Å². The molecule has 5 rings (SSSR count). The molecular formula is C22H14O. The van der Waals surface area contributed by atoms with Crippen LogP contribution in [-0.2, 0) is 0 Å². The minimum absolute atomic E-state index is 0.340. The van der Waals surface area contributed by atoms with E-state index >= 15 is 0 Å². The van der Waals surface area contributed by atoms with Gasteiger partial charge in [-0.1, -0.05) is 60.7 Å². The van der Waals surface area contributed by atoms with Gasteiger partial charge in [0, 0.05) is 5.39 Å². The molecule has 0 aliphatic carbocycles. The fourth-order valence-electron chi connectivity index (χ4n) is 3.59. The third kappa shape index (κ3) is 1.74. The maximum absolute atomic E-state index is 10.4. The van der Waals surface area contributed by atoms with Crippen molar-refractivity contribution < 1.29 is 5.11 Å². The fourth-order valence-corrected chi connectivity index (χ4v) is 3.59. The lowest BCUT2D eigenvalue weighted by Crippen LogP contribution is -1.82. The smallest absolute Gasteiger partial charge is 0.124 e. The Balaban J connectivity index is 2.03. The van der Waals surface area contributed by atoms with E-state index in [-0.39, 0.29) is 0 Å². The third-order valence-electron chi connectivity index (χ3n) is 4.70. The number of aromatic hydroxyl groups is 1. The quantitative estimate of drug-likeness (QED) is 0.274. The van der Waals surface area contributed by atoms with Gasteiger partial charge in [-0.2, -0.15) is 0 Å². The van der Waals surface area contributed by atoms with E-state index in [1.807, 2.05) is 24.3 Å². The molecule has 0 spiro atoms. The summed E-state index contributed by atoms with van der Waals surface area (Å²) in [6.07, 6.45) is 0. The second-order valence-corrected chi connectivity index (χ2v) is 6.02. The standard InChI is InChI=1S/C22H14O/c23-22-13-16-12-20-15(10-9-14-5-1-2-6-17(14)20)11-21(16)18-7-3-4-8-19(18)22/h1-13,23H. The fraction of sp³-hybridized carbons (Fsp3) is 0. The predicted molar refractivity (Wildman–Crippen MR) is 98.1 cm³/mol. The lowest BCUT2D eigenvalue weighted by atomic mass is 9.95. The molecule has 0 fully saturated rings. The number of fused-ring (bicyclic) bond motifs is 6. The predicted octanol–water partition coefficient (Wildman–Crippen LogP) is 6.01. The number of phenolic OH excluding ortho intramolecular Hbond substituents is 1. The van der Waals surface area contributed by atoms with E-state index in [1.54, 1.807) is 0 Å². The van der Waals surface area contributed by atoms with Gasteiger partial charge in [0.05, 0.1) is 0 Å². The van der Waals surface area contributed by atoms with Crippen molar-refractivity contribution in [2.75, 3.05) is 0 Å². The summed E-state index contributed by atoms with van der Waals surface area (Å²) in [5, 5.41) is 19.6. The molecule has 0 saturated carbocycles. The van der Waals surface area contributed by atoms with Crippen LogP contribution in [0.3, 0.4) is 0 Å². The summed E-state index contributed by atoms with van der Waals surface area (Å²) < 4.78 is 0. The first-order valence-electron chi connectivity index (χ1n) is 7.77. The summed E-state index contributed by atoms with van der Waals surface area (Å²) in [4.78, 5) is 0. The highest BCUT2D eigenvalue weighted by molar-refractivity contribution is 6.18. The van der Waals surface area contributed by atoms with Gasteiger partial charge in [-0.3, -0.25) is 0 Å². The van der Waals surface area contributed by atoms with Crippen molar-refractivity contribution in [2.45, 2.75) is 0 Å². The van der Waals surface area contributed by atoms with Gasteiger partial charge in [0.25, 0.3) is 0 Å². The average Bonchev–Trinajstić information content (AvgIpc) is 2.61. The molecule has 1 N–H and O–H groups in total. The number of hydrogen-bond donors (Lipinski definition) is 1. The van der Waals surface area contributed by atoms with Crippen molar-refractivity contribution in [3.05, 3.63) is 78.9 Å². The second-order valence-electron chi connectivity index (χ2n) is 6.02. The number of hydrogen-bond acceptors (Lipinski definition) is 1. The zero-order chi connectivity index (χ0) is 15.4. The second kappa shape index (κ2) is 4.47. The van der Waals surface area contributed by atoms with Crippen LogP contribution < -0.4 is 0 Å². The summed E-state index contributed by atoms with van der Waals surface area (Å²) in [5.41, 5.74) is 0. The molecule has 108 valence electrons. The molecule has 0 aromatic heterocycles. The van der Waals surface area contributed by atoms with Crippen LogP contribution in [0.2, 0.25) is 0 Å². The highest BCUT2D eigenvalue weighted by atomic mass is 16.3. The van der Waals surface area contributed by atoms with Gasteiger partial charge in [0.1, 0.15) is 5.75 Å². The molecule has 23 heavy (non-hydrogen) atoms. The van der Waals surface area contributed by atoms with Gasteiger partial charge in [-0.05, 0) is 55.9 Å². The molecule has 0 radical (unpaired) electrons. The molecule has 0 aliphatic rings. The van der Waals surface area contributed by atoms with Crippen molar-refractivity contribution >= 4 is 43.1 Å². The van der Waals surface area contributed by atoms with Crippen LogP contribution in [0.1, 0.15) is 0 Å². The molecule has 0 atom stereocenters. The molecule has 1 nitrogen and oxygen atoms in total. The van der Waals surface area contributed by atoms with E-state index in [4.69, 9.17) is 0 Å². The van der Waals surface area contributed by atoms with Gasteiger partial charge in [-0.15, -0.1) is 0 Å². The summed E-state index contributed by atoms with van der Waals surface area (Å²) in [7, 11) is 0. The zero-order valence-corrected chi connectivity index (χ0v) is 12.5. The van der Waals surface area contributed by atoms with Crippen LogP contribution >= 0.6 is 0 Å². The van der Waals surface area contributed by atoms with Gasteiger partial charge in [-0.25, -0.2) is 0 Å². The largest absolute Gasteiger partial charge is 0.507 e. The first-order chi connectivity index (χ1) is 11.3. The van der Waals surface area contributed by atoms with Crippen LogP contribution in [0.15, 0.2) is 78.9 Å². The van der Waals surface area contributed by atoms with Gasteiger partial charge in [0.2, 0.25) is 0 Å². The van der Waals surface area contributed by atoms with Crippen LogP contribution in [0.25, 0.3) is 43.1 Å². The highest BCUT2D eigenvalue weighted by Crippen LogP contribution is 2.36. The first kappa shape index (κ1) is 12.5. The van der Waals surface area contributed by atoms with Gasteiger partial charge >= 0.3 is 0 Å². The zero-order valence-electron chi connectivity index (χ0n) is 12.5. The Bertz CT molecular complexity index is 1220. The van der Waals surface area contributed by atoms with Crippen molar-refractivity contribution in [1.29, 1.82) is 0 Å². The number of phenols is 1.